The van der Waals surface area contributed by atoms with Crippen molar-refractivity contribution in [3.05, 3.63) is 46.2 Å². The van der Waals surface area contributed by atoms with Crippen LogP contribution < -0.4 is 16.0 Å². The summed E-state index contributed by atoms with van der Waals surface area (Å²) in [5.74, 6) is -0.184. The van der Waals surface area contributed by atoms with Crippen LogP contribution in [0.5, 0.6) is 0 Å². The Labute approximate surface area is 133 Å². The number of anilines is 2. The number of carbonyl (C=O) groups is 2. The molecule has 1 aromatic heterocycles. The molecule has 3 amide bonds. The Hall–Kier alpha value is -2.34. The summed E-state index contributed by atoms with van der Waals surface area (Å²) in [5, 5.41) is 8.32. The third kappa shape index (κ3) is 4.33. The van der Waals surface area contributed by atoms with Gasteiger partial charge in [-0.25, -0.2) is 4.79 Å². The number of thiophene rings is 1. The maximum Gasteiger partial charge on any atom is 0.319 e. The van der Waals surface area contributed by atoms with Crippen LogP contribution >= 0.6 is 11.3 Å². The van der Waals surface area contributed by atoms with E-state index >= 15 is 0 Å². The van der Waals surface area contributed by atoms with E-state index in [4.69, 9.17) is 0 Å². The fraction of sp³-hybridized carbons (Fsp3) is 0.250. The standard InChI is InChI=1S/C16H19N3O2S/c1-10(2)17-16(21)19-13-7-5-4-6-12(13)18-15(20)14-9-8-11(3)22-14/h4-10H,1-3H3,(H,18,20)(H2,17,19,21). The number of nitrogens with one attached hydrogen (secondary N) is 3. The van der Waals surface area contributed by atoms with Crippen LogP contribution in [-0.2, 0) is 0 Å². The smallest absolute Gasteiger partial charge is 0.319 e. The minimum absolute atomic E-state index is 0.0378. The molecule has 0 saturated carbocycles. The zero-order chi connectivity index (χ0) is 16.1. The number of carbonyl (C=O) groups excluding carboxylic acids is 2. The third-order valence-corrected chi connectivity index (χ3v) is 3.81. The zero-order valence-corrected chi connectivity index (χ0v) is 13.6. The molecule has 0 unspecified atom stereocenters. The van der Waals surface area contributed by atoms with E-state index < -0.39 is 0 Å². The maximum atomic E-state index is 12.2. The highest BCUT2D eigenvalue weighted by atomic mass is 32.1. The first kappa shape index (κ1) is 16.0. The summed E-state index contributed by atoms with van der Waals surface area (Å²) in [4.78, 5) is 25.7. The number of para-hydroxylation sites is 2. The predicted molar refractivity (Wildman–Crippen MR) is 90.7 cm³/mol. The highest BCUT2D eigenvalue weighted by Gasteiger charge is 2.12. The predicted octanol–water partition coefficient (Wildman–Crippen LogP) is 3.84. The van der Waals surface area contributed by atoms with Crippen molar-refractivity contribution in [2.24, 2.45) is 0 Å². The summed E-state index contributed by atoms with van der Waals surface area (Å²) < 4.78 is 0. The molecule has 1 heterocycles. The number of aryl methyl sites for hydroxylation is 1. The van der Waals surface area contributed by atoms with Crippen LogP contribution in [0.2, 0.25) is 0 Å². The Morgan fingerprint density at radius 1 is 1.00 bits per heavy atom. The Morgan fingerprint density at radius 2 is 1.64 bits per heavy atom. The Morgan fingerprint density at radius 3 is 2.18 bits per heavy atom. The van der Waals surface area contributed by atoms with Gasteiger partial charge in [0, 0.05) is 10.9 Å². The molecule has 6 heteroatoms. The lowest BCUT2D eigenvalue weighted by Gasteiger charge is -2.14. The first-order valence-electron chi connectivity index (χ1n) is 7.00. The zero-order valence-electron chi connectivity index (χ0n) is 12.8. The number of amides is 3. The monoisotopic (exact) mass is 317 g/mol. The molecule has 116 valence electrons. The summed E-state index contributed by atoms with van der Waals surface area (Å²) in [6, 6.07) is 10.5. The molecule has 22 heavy (non-hydrogen) atoms. The molecule has 0 spiro atoms. The highest BCUT2D eigenvalue weighted by Crippen LogP contribution is 2.23. The lowest BCUT2D eigenvalue weighted by Crippen LogP contribution is -2.34. The van der Waals surface area contributed by atoms with E-state index in [1.807, 2.05) is 26.8 Å². The normalized spacial score (nSPS) is 10.4. The Bertz CT molecular complexity index is 680. The molecule has 2 rings (SSSR count). The van der Waals surface area contributed by atoms with Gasteiger partial charge in [-0.15, -0.1) is 11.3 Å². The van der Waals surface area contributed by atoms with Gasteiger partial charge in [-0.2, -0.15) is 0 Å². The van der Waals surface area contributed by atoms with E-state index in [0.717, 1.165) is 4.88 Å². The highest BCUT2D eigenvalue weighted by molar-refractivity contribution is 7.14. The lowest BCUT2D eigenvalue weighted by molar-refractivity contribution is 0.103. The van der Waals surface area contributed by atoms with Crippen molar-refractivity contribution in [1.29, 1.82) is 0 Å². The van der Waals surface area contributed by atoms with Gasteiger partial charge >= 0.3 is 6.03 Å². The van der Waals surface area contributed by atoms with Crippen LogP contribution in [0.4, 0.5) is 16.2 Å². The van der Waals surface area contributed by atoms with Crippen LogP contribution in [-0.4, -0.2) is 18.0 Å². The first-order chi connectivity index (χ1) is 10.5. The number of benzene rings is 1. The van der Waals surface area contributed by atoms with E-state index in [0.29, 0.717) is 16.3 Å². The maximum absolute atomic E-state index is 12.2. The Balaban J connectivity index is 2.11. The van der Waals surface area contributed by atoms with E-state index in [1.165, 1.54) is 11.3 Å². The van der Waals surface area contributed by atoms with Crippen molar-refractivity contribution in [2.45, 2.75) is 26.8 Å². The van der Waals surface area contributed by atoms with Crippen molar-refractivity contribution in [1.82, 2.24) is 5.32 Å². The average Bonchev–Trinajstić information content (AvgIpc) is 2.87. The molecule has 0 radical (unpaired) electrons. The van der Waals surface area contributed by atoms with Crippen LogP contribution in [0.3, 0.4) is 0 Å². The minimum atomic E-state index is -0.302. The summed E-state index contributed by atoms with van der Waals surface area (Å²) in [5.41, 5.74) is 1.12. The van der Waals surface area contributed by atoms with Crippen LogP contribution in [0, 0.1) is 6.92 Å². The second-order valence-corrected chi connectivity index (χ2v) is 6.45. The van der Waals surface area contributed by atoms with Crippen LogP contribution in [0.25, 0.3) is 0 Å². The number of rotatable bonds is 4. The molecule has 0 atom stereocenters. The van der Waals surface area contributed by atoms with Crippen molar-refractivity contribution >= 4 is 34.6 Å². The van der Waals surface area contributed by atoms with Gasteiger partial charge in [0.1, 0.15) is 0 Å². The van der Waals surface area contributed by atoms with Gasteiger partial charge < -0.3 is 16.0 Å². The van der Waals surface area contributed by atoms with Crippen molar-refractivity contribution in [3.63, 3.8) is 0 Å². The fourth-order valence-corrected chi connectivity index (χ4v) is 2.62. The molecule has 0 saturated heterocycles. The van der Waals surface area contributed by atoms with Crippen molar-refractivity contribution < 1.29 is 9.59 Å². The fourth-order valence-electron chi connectivity index (χ4n) is 1.86. The molecule has 0 aliphatic carbocycles. The van der Waals surface area contributed by atoms with Crippen molar-refractivity contribution in [3.8, 4) is 0 Å². The molecule has 3 N–H and O–H groups in total. The SMILES string of the molecule is Cc1ccc(C(=O)Nc2ccccc2NC(=O)NC(C)C)s1. The van der Waals surface area contributed by atoms with Gasteiger partial charge in [-0.05, 0) is 45.0 Å². The van der Waals surface area contributed by atoms with Gasteiger partial charge in [-0.1, -0.05) is 12.1 Å². The summed E-state index contributed by atoms with van der Waals surface area (Å²) in [6.07, 6.45) is 0. The number of urea groups is 1. The molecule has 5 nitrogen and oxygen atoms in total. The van der Waals surface area contributed by atoms with Gasteiger partial charge in [0.2, 0.25) is 0 Å². The van der Waals surface area contributed by atoms with E-state index in [1.54, 1.807) is 30.3 Å². The van der Waals surface area contributed by atoms with Gasteiger partial charge in [0.05, 0.1) is 16.3 Å². The molecule has 2 aromatic rings. The molecule has 1 aromatic carbocycles. The van der Waals surface area contributed by atoms with Gasteiger partial charge in [0.25, 0.3) is 5.91 Å². The van der Waals surface area contributed by atoms with Gasteiger partial charge in [-0.3, -0.25) is 4.79 Å². The molecule has 0 fully saturated rings. The second-order valence-electron chi connectivity index (χ2n) is 5.16. The van der Waals surface area contributed by atoms with Crippen LogP contribution in [0.15, 0.2) is 36.4 Å². The third-order valence-electron chi connectivity index (χ3n) is 2.81. The van der Waals surface area contributed by atoms with E-state index in [2.05, 4.69) is 16.0 Å². The molecular formula is C16H19N3O2S. The largest absolute Gasteiger partial charge is 0.336 e. The summed E-state index contributed by atoms with van der Waals surface area (Å²) in [6.45, 7) is 5.71. The van der Waals surface area contributed by atoms with Crippen LogP contribution in [0.1, 0.15) is 28.4 Å². The quantitative estimate of drug-likeness (QED) is 0.802. The Kier molecular flexibility index (Phi) is 5.16. The summed E-state index contributed by atoms with van der Waals surface area (Å²) in [7, 11) is 0. The average molecular weight is 317 g/mol. The van der Waals surface area contributed by atoms with Crippen molar-refractivity contribution in [2.75, 3.05) is 10.6 Å². The molecular weight excluding hydrogens is 298 g/mol. The van der Waals surface area contributed by atoms with E-state index in [9.17, 15) is 9.59 Å². The number of hydrogen-bond acceptors (Lipinski definition) is 3. The van der Waals surface area contributed by atoms with Gasteiger partial charge in [0.15, 0.2) is 0 Å². The lowest BCUT2D eigenvalue weighted by atomic mass is 10.2. The number of hydrogen-bond donors (Lipinski definition) is 3. The topological polar surface area (TPSA) is 70.2 Å². The molecule has 0 aliphatic heterocycles. The summed E-state index contributed by atoms with van der Waals surface area (Å²) >= 11 is 1.43. The minimum Gasteiger partial charge on any atom is -0.336 e. The first-order valence-corrected chi connectivity index (χ1v) is 7.81. The molecule has 0 aliphatic rings. The second kappa shape index (κ2) is 7.09. The molecule has 0 bridgehead atoms. The van der Waals surface area contributed by atoms with E-state index in [-0.39, 0.29) is 18.0 Å².